The van der Waals surface area contributed by atoms with E-state index in [-0.39, 0.29) is 49.5 Å². The molecule has 5 fully saturated rings. The zero-order valence-electron chi connectivity index (χ0n) is 34.6. The molecule has 0 spiro atoms. The molecule has 1 amide bonds. The number of morpholine rings is 1. The summed E-state index contributed by atoms with van der Waals surface area (Å²) in [6.07, 6.45) is 3.67. The number of esters is 1. The van der Waals surface area contributed by atoms with E-state index in [1.807, 2.05) is 39.8 Å². The van der Waals surface area contributed by atoms with E-state index < -0.39 is 40.8 Å². The molecule has 3 saturated carbocycles. The summed E-state index contributed by atoms with van der Waals surface area (Å²) in [7, 11) is 1.62. The molecule has 2 aromatic rings. The van der Waals surface area contributed by atoms with E-state index in [2.05, 4.69) is 4.90 Å². The van der Waals surface area contributed by atoms with Crippen LogP contribution < -0.4 is 9.47 Å². The van der Waals surface area contributed by atoms with Gasteiger partial charge < -0.3 is 33.7 Å². The molecule has 3 heterocycles. The van der Waals surface area contributed by atoms with Gasteiger partial charge in [0.15, 0.2) is 5.78 Å². The van der Waals surface area contributed by atoms with E-state index in [4.69, 9.17) is 40.3 Å². The van der Waals surface area contributed by atoms with Crippen molar-refractivity contribution in [3.8, 4) is 11.5 Å². The van der Waals surface area contributed by atoms with E-state index in [0.29, 0.717) is 90.6 Å². The minimum Gasteiger partial charge on any atom is -0.491 e. The molecular formula is C44H60ClN3O10. The molecule has 318 valence electrons. The van der Waals surface area contributed by atoms with E-state index >= 15 is 0 Å². The quantitative estimate of drug-likeness (QED) is 0.176. The predicted octanol–water partition coefficient (Wildman–Crippen LogP) is 5.99. The fraction of sp³-hybridized carbons (Fsp3) is 0.705. The van der Waals surface area contributed by atoms with Crippen LogP contribution in [0.1, 0.15) is 84.8 Å². The highest BCUT2D eigenvalue weighted by Crippen LogP contribution is 2.58. The van der Waals surface area contributed by atoms with Gasteiger partial charge in [0.2, 0.25) is 5.91 Å². The maximum Gasteiger partial charge on any atom is 0.310 e. The number of ketones is 1. The number of carboxylic acid groups (broad SMARTS) is 1. The second-order valence-electron chi connectivity index (χ2n) is 18.3. The summed E-state index contributed by atoms with van der Waals surface area (Å²) in [4.78, 5) is 63.7. The number of likely N-dealkylation sites (tertiary alicyclic amines) is 1. The molecule has 1 aromatic heterocycles. The number of amides is 1. The third-order valence-electron chi connectivity index (χ3n) is 13.3. The van der Waals surface area contributed by atoms with Gasteiger partial charge in [-0.3, -0.25) is 29.1 Å². The van der Waals surface area contributed by atoms with Crippen molar-refractivity contribution in [1.29, 1.82) is 0 Å². The Hall–Kier alpha value is -3.52. The highest BCUT2D eigenvalue weighted by atomic mass is 35.5. The number of pyridine rings is 1. The van der Waals surface area contributed by atoms with Crippen LogP contribution in [0.25, 0.3) is 10.9 Å². The maximum atomic E-state index is 14.8. The number of hydrogen-bond donors (Lipinski definition) is 1. The smallest absolute Gasteiger partial charge is 0.310 e. The van der Waals surface area contributed by atoms with E-state index in [0.717, 1.165) is 32.5 Å². The number of carbonyl (C=O) groups is 4. The topological polar surface area (TPSA) is 154 Å². The Kier molecular flexibility index (Phi) is 12.9. The maximum absolute atomic E-state index is 14.8. The lowest BCUT2D eigenvalue weighted by atomic mass is 9.77. The molecular weight excluding hydrogens is 766 g/mol. The first-order valence-electron chi connectivity index (χ1n) is 21.2. The average molecular weight is 826 g/mol. The number of ether oxygens (including phenoxy) is 5. The number of aromatic nitrogens is 1. The number of benzene rings is 1. The zero-order chi connectivity index (χ0) is 41.4. The van der Waals surface area contributed by atoms with Crippen molar-refractivity contribution in [3.05, 3.63) is 28.9 Å². The Morgan fingerprint density at radius 1 is 1.03 bits per heavy atom. The van der Waals surface area contributed by atoms with E-state index in [1.54, 1.807) is 18.1 Å². The van der Waals surface area contributed by atoms with Crippen LogP contribution in [-0.4, -0.2) is 121 Å². The van der Waals surface area contributed by atoms with Crippen LogP contribution >= 0.6 is 11.6 Å². The molecule has 8 atom stereocenters. The lowest BCUT2D eigenvalue weighted by Crippen LogP contribution is -2.48. The van der Waals surface area contributed by atoms with Crippen LogP contribution in [0.3, 0.4) is 0 Å². The lowest BCUT2D eigenvalue weighted by Gasteiger charge is -2.35. The fourth-order valence-corrected chi connectivity index (χ4v) is 9.80. The van der Waals surface area contributed by atoms with Gasteiger partial charge in [-0.05, 0) is 61.0 Å². The largest absolute Gasteiger partial charge is 0.491 e. The minimum absolute atomic E-state index is 0.0772. The molecule has 3 aliphatic carbocycles. The van der Waals surface area contributed by atoms with Crippen molar-refractivity contribution in [2.24, 2.45) is 34.5 Å². The van der Waals surface area contributed by atoms with Gasteiger partial charge in [0.25, 0.3) is 0 Å². The van der Waals surface area contributed by atoms with Crippen molar-refractivity contribution in [2.45, 2.75) is 104 Å². The third kappa shape index (κ3) is 9.42. The van der Waals surface area contributed by atoms with Gasteiger partial charge in [0.1, 0.15) is 35.3 Å². The SMILES string of the molecule is CC[C@@H]1C[C@]1(CC(=O)[C@@H]1C[C@@H](Oc2cc(CCOC)nc3c(Cl)c(OCCN4CCOCC4)ccc23)CN1C(=O)[C@@H](CC(=O)OC1C[C@@H]2C[C@@H]2C1)C(C)(C)C)C(=O)O. The molecule has 58 heavy (non-hydrogen) atoms. The van der Waals surface area contributed by atoms with Crippen molar-refractivity contribution < 1.29 is 48.0 Å². The summed E-state index contributed by atoms with van der Waals surface area (Å²) >= 11 is 6.99. The number of Topliss-reactive ketones (excluding diaryl/α,β-unsaturated/α-hetero) is 1. The summed E-state index contributed by atoms with van der Waals surface area (Å²) < 4.78 is 29.6. The molecule has 1 unspecified atom stereocenters. The summed E-state index contributed by atoms with van der Waals surface area (Å²) in [6, 6.07) is 4.58. The number of aliphatic carboxylic acids is 1. The monoisotopic (exact) mass is 825 g/mol. The second kappa shape index (κ2) is 17.6. The molecule has 13 nitrogen and oxygen atoms in total. The van der Waals surface area contributed by atoms with Gasteiger partial charge in [-0.1, -0.05) is 45.7 Å². The van der Waals surface area contributed by atoms with Gasteiger partial charge >= 0.3 is 11.9 Å². The van der Waals surface area contributed by atoms with Gasteiger partial charge in [-0.25, -0.2) is 0 Å². The number of fused-ring (bicyclic) bond motifs is 2. The number of hydrogen-bond acceptors (Lipinski definition) is 11. The first-order chi connectivity index (χ1) is 27.7. The number of carbonyl (C=O) groups excluding carboxylic acids is 3. The highest BCUT2D eigenvalue weighted by Gasteiger charge is 2.61. The standard InChI is InChI=1S/C44H60ClN3O10/c1-6-28-23-44(28,42(52)53)24-35(49)34-21-31(25-48(34)41(51)33(43(2,3)4)22-38(50)58-30-18-26-17-27(26)19-30)57-37-20-29(9-13-54-5)46-40-32(37)7-8-36(39(40)45)56-16-12-47-10-14-55-15-11-47/h7-8,20,26-28,30-31,33-34H,6,9-19,21-25H2,1-5H3,(H,52,53)/t26-,27+,28-,30?,31-,33-,34+,44-/m1/s1. The molecule has 0 bridgehead atoms. The Labute approximate surface area is 346 Å². The van der Waals surface area contributed by atoms with Crippen LogP contribution in [-0.2, 0) is 39.8 Å². The van der Waals surface area contributed by atoms with Crippen LogP contribution in [0.2, 0.25) is 5.02 Å². The highest BCUT2D eigenvalue weighted by molar-refractivity contribution is 6.36. The lowest BCUT2D eigenvalue weighted by molar-refractivity contribution is -0.157. The van der Waals surface area contributed by atoms with Crippen molar-refractivity contribution in [3.63, 3.8) is 0 Å². The molecule has 1 aromatic carbocycles. The number of carboxylic acids is 1. The van der Waals surface area contributed by atoms with Gasteiger partial charge in [-0.2, -0.15) is 0 Å². The van der Waals surface area contributed by atoms with Crippen LogP contribution in [0.5, 0.6) is 11.5 Å². The zero-order valence-corrected chi connectivity index (χ0v) is 35.4. The molecule has 2 saturated heterocycles. The summed E-state index contributed by atoms with van der Waals surface area (Å²) in [5.74, 6) is -0.623. The second-order valence-corrected chi connectivity index (χ2v) is 18.7. The molecule has 7 rings (SSSR count). The number of halogens is 1. The Bertz CT molecular complexity index is 1850. The Morgan fingerprint density at radius 2 is 1.78 bits per heavy atom. The van der Waals surface area contributed by atoms with Crippen molar-refractivity contribution >= 4 is 46.1 Å². The minimum atomic E-state index is -1.13. The van der Waals surface area contributed by atoms with E-state index in [9.17, 15) is 24.3 Å². The van der Waals surface area contributed by atoms with Crippen molar-refractivity contribution in [1.82, 2.24) is 14.8 Å². The number of nitrogens with zero attached hydrogens (tertiary/aromatic N) is 3. The first kappa shape index (κ1) is 42.6. The van der Waals surface area contributed by atoms with Crippen LogP contribution in [0.15, 0.2) is 18.2 Å². The summed E-state index contributed by atoms with van der Waals surface area (Å²) in [5, 5.41) is 11.2. The van der Waals surface area contributed by atoms with Gasteiger partial charge in [0, 0.05) is 63.2 Å². The fourth-order valence-electron chi connectivity index (χ4n) is 9.54. The van der Waals surface area contributed by atoms with Crippen LogP contribution in [0, 0.1) is 34.5 Å². The van der Waals surface area contributed by atoms with Gasteiger partial charge in [0.05, 0.1) is 55.7 Å². The first-order valence-corrected chi connectivity index (χ1v) is 21.5. The third-order valence-corrected chi connectivity index (χ3v) is 13.7. The molecule has 1 N–H and O–H groups in total. The average Bonchev–Trinajstić information content (AvgIpc) is 4.00. The summed E-state index contributed by atoms with van der Waals surface area (Å²) in [6.45, 7) is 12.4. The molecule has 5 aliphatic rings. The van der Waals surface area contributed by atoms with E-state index in [1.165, 1.54) is 6.42 Å². The number of methoxy groups -OCH3 is 1. The van der Waals surface area contributed by atoms with Crippen molar-refractivity contribution in [2.75, 3.05) is 59.7 Å². The molecule has 14 heteroatoms. The molecule has 2 aliphatic heterocycles. The normalized spacial score (nSPS) is 28.6. The van der Waals surface area contributed by atoms with Gasteiger partial charge in [-0.15, -0.1) is 0 Å². The number of rotatable bonds is 18. The molecule has 0 radical (unpaired) electrons. The Balaban J connectivity index is 1.14. The summed E-state index contributed by atoms with van der Waals surface area (Å²) in [5.41, 5.74) is -0.585. The van der Waals surface area contributed by atoms with Crippen LogP contribution in [0.4, 0.5) is 0 Å². The predicted molar refractivity (Wildman–Crippen MR) is 216 cm³/mol. The Morgan fingerprint density at radius 3 is 2.43 bits per heavy atom.